The summed E-state index contributed by atoms with van der Waals surface area (Å²) < 4.78 is 0. The lowest BCUT2D eigenvalue weighted by Gasteiger charge is -2.21. The van der Waals surface area contributed by atoms with Crippen molar-refractivity contribution in [2.75, 3.05) is 6.54 Å². The van der Waals surface area contributed by atoms with E-state index in [2.05, 4.69) is 59.5 Å². The van der Waals surface area contributed by atoms with Gasteiger partial charge in [0.15, 0.2) is 0 Å². The van der Waals surface area contributed by atoms with Gasteiger partial charge in [0.2, 0.25) is 0 Å². The molecule has 1 N–H and O–H groups in total. The van der Waals surface area contributed by atoms with Crippen LogP contribution in [0.15, 0.2) is 55.0 Å². The Bertz CT molecular complexity index is 747. The molecule has 3 rings (SSSR count). The zero-order valence-corrected chi connectivity index (χ0v) is 12.4. The van der Waals surface area contributed by atoms with Crippen LogP contribution < -0.4 is 5.32 Å². The van der Waals surface area contributed by atoms with Crippen molar-refractivity contribution in [1.29, 1.82) is 0 Å². The average Bonchev–Trinajstić information content (AvgIpc) is 2.53. The van der Waals surface area contributed by atoms with Crippen LogP contribution in [-0.2, 0) is 0 Å². The number of rotatable bonds is 4. The van der Waals surface area contributed by atoms with Crippen molar-refractivity contribution in [3.8, 4) is 0 Å². The predicted molar refractivity (Wildman–Crippen MR) is 86.2 cm³/mol. The van der Waals surface area contributed by atoms with Crippen LogP contribution in [0.3, 0.4) is 0 Å². The van der Waals surface area contributed by atoms with E-state index in [1.54, 1.807) is 0 Å². The van der Waals surface area contributed by atoms with Crippen LogP contribution in [-0.4, -0.2) is 16.5 Å². The molecule has 0 aliphatic carbocycles. The molecule has 3 aromatic rings. The van der Waals surface area contributed by atoms with Gasteiger partial charge in [0.1, 0.15) is 0 Å². The first-order valence-electron chi connectivity index (χ1n) is 7.28. The molecule has 0 aliphatic heterocycles. The van der Waals surface area contributed by atoms with Gasteiger partial charge in [0.05, 0.1) is 11.7 Å². The third kappa shape index (κ3) is 2.65. The molecule has 3 heteroatoms. The number of nitrogens with zero attached hydrogens (tertiary/aromatic N) is 2. The second-order valence-corrected chi connectivity index (χ2v) is 5.14. The highest BCUT2D eigenvalue weighted by Crippen LogP contribution is 2.28. The SMILES string of the molecule is CCNC(c1ncccc1C)c1cccc2cnccc12. The maximum absolute atomic E-state index is 4.60. The first kappa shape index (κ1) is 13.7. The number of fused-ring (bicyclic) bond motifs is 1. The number of benzene rings is 1. The predicted octanol–water partition coefficient (Wildman–Crippen LogP) is 3.64. The summed E-state index contributed by atoms with van der Waals surface area (Å²) in [6.45, 7) is 5.12. The van der Waals surface area contributed by atoms with Crippen LogP contribution in [0, 0.1) is 6.92 Å². The Hall–Kier alpha value is -2.26. The summed E-state index contributed by atoms with van der Waals surface area (Å²) in [5.74, 6) is 0. The second kappa shape index (κ2) is 6.02. The Balaban J connectivity index is 2.19. The lowest BCUT2D eigenvalue weighted by atomic mass is 9.95. The Morgan fingerprint density at radius 1 is 1.10 bits per heavy atom. The van der Waals surface area contributed by atoms with E-state index in [1.165, 1.54) is 16.5 Å². The average molecular weight is 277 g/mol. The molecule has 3 nitrogen and oxygen atoms in total. The van der Waals surface area contributed by atoms with Gasteiger partial charge in [-0.1, -0.05) is 31.2 Å². The minimum atomic E-state index is 0.0994. The van der Waals surface area contributed by atoms with Crippen molar-refractivity contribution in [2.24, 2.45) is 0 Å². The van der Waals surface area contributed by atoms with E-state index in [0.717, 1.165) is 17.6 Å². The molecule has 0 bridgehead atoms. The number of hydrogen-bond donors (Lipinski definition) is 1. The van der Waals surface area contributed by atoms with Crippen LogP contribution in [0.25, 0.3) is 10.8 Å². The molecular weight excluding hydrogens is 258 g/mol. The summed E-state index contributed by atoms with van der Waals surface area (Å²) in [6.07, 6.45) is 5.62. The summed E-state index contributed by atoms with van der Waals surface area (Å²) in [7, 11) is 0. The highest BCUT2D eigenvalue weighted by atomic mass is 14.9. The van der Waals surface area contributed by atoms with Crippen LogP contribution in [0.4, 0.5) is 0 Å². The van der Waals surface area contributed by atoms with E-state index in [9.17, 15) is 0 Å². The molecule has 0 aliphatic rings. The van der Waals surface area contributed by atoms with Crippen LogP contribution in [0.5, 0.6) is 0 Å². The number of aromatic nitrogens is 2. The number of nitrogens with one attached hydrogen (secondary N) is 1. The second-order valence-electron chi connectivity index (χ2n) is 5.14. The van der Waals surface area contributed by atoms with Gasteiger partial charge < -0.3 is 5.32 Å². The Labute approximate surface area is 125 Å². The molecule has 2 aromatic heterocycles. The molecule has 0 saturated heterocycles. The molecule has 0 spiro atoms. The lowest BCUT2D eigenvalue weighted by Crippen LogP contribution is -2.24. The summed E-state index contributed by atoms with van der Waals surface area (Å²) >= 11 is 0. The molecule has 0 amide bonds. The number of hydrogen-bond acceptors (Lipinski definition) is 3. The smallest absolute Gasteiger partial charge is 0.0760 e. The summed E-state index contributed by atoms with van der Waals surface area (Å²) in [6, 6.07) is 12.6. The number of aryl methyl sites for hydroxylation is 1. The quantitative estimate of drug-likeness (QED) is 0.791. The minimum absolute atomic E-state index is 0.0994. The first-order valence-corrected chi connectivity index (χ1v) is 7.28. The van der Waals surface area contributed by atoms with Gasteiger partial charge in [-0.2, -0.15) is 0 Å². The largest absolute Gasteiger partial charge is 0.305 e. The van der Waals surface area contributed by atoms with E-state index >= 15 is 0 Å². The fourth-order valence-corrected chi connectivity index (χ4v) is 2.76. The molecule has 0 radical (unpaired) electrons. The highest BCUT2D eigenvalue weighted by molar-refractivity contribution is 5.85. The van der Waals surface area contributed by atoms with Crippen molar-refractivity contribution in [1.82, 2.24) is 15.3 Å². The van der Waals surface area contributed by atoms with Crippen molar-refractivity contribution < 1.29 is 0 Å². The van der Waals surface area contributed by atoms with Crippen molar-refractivity contribution in [2.45, 2.75) is 19.9 Å². The summed E-state index contributed by atoms with van der Waals surface area (Å²) in [5, 5.41) is 5.95. The van der Waals surface area contributed by atoms with Gasteiger partial charge in [-0.3, -0.25) is 9.97 Å². The third-order valence-corrected chi connectivity index (χ3v) is 3.76. The van der Waals surface area contributed by atoms with E-state index in [1.807, 2.05) is 24.7 Å². The van der Waals surface area contributed by atoms with Gasteiger partial charge in [0, 0.05) is 24.0 Å². The molecule has 0 saturated carbocycles. The molecule has 21 heavy (non-hydrogen) atoms. The van der Waals surface area contributed by atoms with Crippen LogP contribution in [0.1, 0.15) is 29.8 Å². The van der Waals surface area contributed by atoms with E-state index in [0.29, 0.717) is 0 Å². The zero-order chi connectivity index (χ0) is 14.7. The van der Waals surface area contributed by atoms with Gasteiger partial charge in [-0.25, -0.2) is 0 Å². The molecule has 0 fully saturated rings. The lowest BCUT2D eigenvalue weighted by molar-refractivity contribution is 0.615. The maximum Gasteiger partial charge on any atom is 0.0760 e. The molecule has 1 atom stereocenters. The Morgan fingerprint density at radius 2 is 2.00 bits per heavy atom. The standard InChI is InChI=1S/C18H19N3/c1-3-20-18(17-13(2)6-5-10-21-17)16-8-4-7-14-12-19-11-9-15(14)16/h4-12,18,20H,3H2,1-2H3. The van der Waals surface area contributed by atoms with E-state index in [-0.39, 0.29) is 6.04 Å². The topological polar surface area (TPSA) is 37.8 Å². The molecule has 106 valence electrons. The molecular formula is C18H19N3. The molecule has 1 aromatic carbocycles. The fraction of sp³-hybridized carbons (Fsp3) is 0.222. The zero-order valence-electron chi connectivity index (χ0n) is 12.4. The van der Waals surface area contributed by atoms with Crippen LogP contribution in [0.2, 0.25) is 0 Å². The van der Waals surface area contributed by atoms with Crippen LogP contribution >= 0.6 is 0 Å². The van der Waals surface area contributed by atoms with E-state index in [4.69, 9.17) is 0 Å². The highest BCUT2D eigenvalue weighted by Gasteiger charge is 2.18. The third-order valence-electron chi connectivity index (χ3n) is 3.76. The Morgan fingerprint density at radius 3 is 2.81 bits per heavy atom. The van der Waals surface area contributed by atoms with E-state index < -0.39 is 0 Å². The maximum atomic E-state index is 4.60. The summed E-state index contributed by atoms with van der Waals surface area (Å²) in [4.78, 5) is 8.82. The molecule has 2 heterocycles. The van der Waals surface area contributed by atoms with Gasteiger partial charge >= 0.3 is 0 Å². The number of pyridine rings is 2. The normalized spacial score (nSPS) is 12.5. The monoisotopic (exact) mass is 277 g/mol. The van der Waals surface area contributed by atoms with Crippen molar-refractivity contribution in [3.05, 3.63) is 71.8 Å². The molecule has 1 unspecified atom stereocenters. The van der Waals surface area contributed by atoms with Gasteiger partial charge in [-0.05, 0) is 42.1 Å². The first-order chi connectivity index (χ1) is 10.3. The Kier molecular flexibility index (Phi) is 3.93. The van der Waals surface area contributed by atoms with Crippen molar-refractivity contribution >= 4 is 10.8 Å². The summed E-state index contributed by atoms with van der Waals surface area (Å²) in [5.41, 5.74) is 3.54. The minimum Gasteiger partial charge on any atom is -0.305 e. The fourth-order valence-electron chi connectivity index (χ4n) is 2.76. The van der Waals surface area contributed by atoms with Crippen molar-refractivity contribution in [3.63, 3.8) is 0 Å². The van der Waals surface area contributed by atoms with Gasteiger partial charge in [-0.15, -0.1) is 0 Å². The van der Waals surface area contributed by atoms with Gasteiger partial charge in [0.25, 0.3) is 0 Å².